The number of carbonyl (C=O) groups excluding carboxylic acids is 1. The van der Waals surface area contributed by atoms with Gasteiger partial charge in [-0.2, -0.15) is 0 Å². The maximum absolute atomic E-state index is 11.2. The fourth-order valence-electron chi connectivity index (χ4n) is 0.903. The van der Waals surface area contributed by atoms with Crippen LogP contribution in [0.5, 0.6) is 0 Å². The van der Waals surface area contributed by atoms with Crippen molar-refractivity contribution in [1.82, 2.24) is 0 Å². The van der Waals surface area contributed by atoms with Crippen LogP contribution in [0.2, 0.25) is 0 Å². The zero-order valence-electron chi connectivity index (χ0n) is 7.39. The first-order valence-corrected chi connectivity index (χ1v) is 4.88. The molecule has 0 saturated heterocycles. The number of benzene rings is 1. The number of hydrogen-bond donors (Lipinski definition) is 1. The van der Waals surface area contributed by atoms with E-state index in [1.165, 1.54) is 24.3 Å². The number of rotatable bonds is 3. The molecule has 0 fully saturated rings. The van der Waals surface area contributed by atoms with Crippen molar-refractivity contribution in [2.45, 2.75) is 0 Å². The van der Waals surface area contributed by atoms with E-state index in [4.69, 9.17) is 5.11 Å². The number of aromatic carboxylic acids is 1. The Morgan fingerprint density at radius 1 is 1.33 bits per heavy atom. The minimum absolute atomic E-state index is 0. The first kappa shape index (κ1) is 14.8. The molecule has 0 saturated carbocycles. The van der Waals surface area contributed by atoms with Crippen LogP contribution in [0.1, 0.15) is 20.7 Å². The summed E-state index contributed by atoms with van der Waals surface area (Å²) >= 11 is 0.922. The molecule has 1 aromatic rings. The van der Waals surface area contributed by atoms with Crippen LogP contribution in [0, 0.1) is 0 Å². The fourth-order valence-corrected chi connectivity index (χ4v) is 1.15. The molecule has 0 aliphatic carbocycles. The van der Waals surface area contributed by atoms with Gasteiger partial charge in [-0.3, -0.25) is 0 Å². The molecule has 0 bridgehead atoms. The zero-order chi connectivity index (χ0) is 10.6. The number of carboxylic acid groups (broad SMARTS) is 1. The Morgan fingerprint density at radius 3 is 2.47 bits per heavy atom. The van der Waals surface area contributed by atoms with E-state index in [2.05, 4.69) is 4.18 Å². The third kappa shape index (κ3) is 4.42. The molecule has 0 aliphatic heterocycles. The van der Waals surface area contributed by atoms with Gasteiger partial charge in [0.25, 0.3) is 0 Å². The molecule has 0 aromatic heterocycles. The molecule has 0 atom stereocenters. The van der Waals surface area contributed by atoms with Gasteiger partial charge in [-0.15, -0.1) is 0 Å². The predicted octanol–water partition coefficient (Wildman–Crippen LogP) is 0.903. The summed E-state index contributed by atoms with van der Waals surface area (Å²) in [5.41, 5.74) is 0.305. The predicted molar refractivity (Wildman–Crippen MR) is 60.9 cm³/mol. The molecule has 0 heterocycles. The SMILES string of the molecule is CSOC(=O)c1cccc(C(=O)O)c1.[CaH2]. The van der Waals surface area contributed by atoms with E-state index in [0.29, 0.717) is 0 Å². The molecule has 0 radical (unpaired) electrons. The van der Waals surface area contributed by atoms with Crippen LogP contribution in [0.25, 0.3) is 0 Å². The van der Waals surface area contributed by atoms with Crippen LogP contribution in [0.15, 0.2) is 24.3 Å². The van der Waals surface area contributed by atoms with Gasteiger partial charge in [0, 0.05) is 6.26 Å². The average molecular weight is 254 g/mol. The number of carboxylic acids is 1. The van der Waals surface area contributed by atoms with Crippen LogP contribution in [0.3, 0.4) is 0 Å². The van der Waals surface area contributed by atoms with Gasteiger partial charge < -0.3 is 9.29 Å². The Hall–Kier alpha value is -0.230. The molecule has 0 aliphatic rings. The van der Waals surface area contributed by atoms with Crippen molar-refractivity contribution in [3.63, 3.8) is 0 Å². The van der Waals surface area contributed by atoms with Gasteiger partial charge in [-0.25, -0.2) is 9.59 Å². The van der Waals surface area contributed by atoms with E-state index in [0.717, 1.165) is 12.0 Å². The quantitative estimate of drug-likeness (QED) is 0.641. The van der Waals surface area contributed by atoms with Gasteiger partial charge in [0.2, 0.25) is 0 Å². The zero-order valence-corrected chi connectivity index (χ0v) is 8.21. The molecule has 15 heavy (non-hydrogen) atoms. The Balaban J connectivity index is 0.00000196. The Labute approximate surface area is 121 Å². The van der Waals surface area contributed by atoms with E-state index >= 15 is 0 Å². The van der Waals surface area contributed by atoms with Crippen LogP contribution < -0.4 is 0 Å². The molecular weight excluding hydrogens is 244 g/mol. The van der Waals surface area contributed by atoms with Gasteiger partial charge in [0.05, 0.1) is 23.2 Å². The Bertz CT molecular complexity index is 367. The van der Waals surface area contributed by atoms with Gasteiger partial charge in [-0.1, -0.05) is 6.07 Å². The molecule has 0 unspecified atom stereocenters. The van der Waals surface area contributed by atoms with Crippen molar-refractivity contribution in [1.29, 1.82) is 0 Å². The molecular formula is C9H10CaO4S. The summed E-state index contributed by atoms with van der Waals surface area (Å²) in [4.78, 5) is 21.8. The second-order valence-corrected chi connectivity index (χ2v) is 2.92. The van der Waals surface area contributed by atoms with Crippen molar-refractivity contribution >= 4 is 61.7 Å². The van der Waals surface area contributed by atoms with Crippen LogP contribution in [0.4, 0.5) is 0 Å². The van der Waals surface area contributed by atoms with E-state index in [-0.39, 0.29) is 48.9 Å². The van der Waals surface area contributed by atoms with Gasteiger partial charge in [-0.05, 0) is 18.2 Å². The molecule has 78 valence electrons. The summed E-state index contributed by atoms with van der Waals surface area (Å²) in [6, 6.07) is 5.70. The van der Waals surface area contributed by atoms with Crippen LogP contribution in [-0.4, -0.2) is 61.0 Å². The van der Waals surface area contributed by atoms with Crippen molar-refractivity contribution < 1.29 is 18.9 Å². The average Bonchev–Trinajstić information content (AvgIpc) is 2.18. The molecule has 0 spiro atoms. The summed E-state index contributed by atoms with van der Waals surface area (Å²) in [6.07, 6.45) is 1.61. The van der Waals surface area contributed by atoms with Crippen LogP contribution >= 0.6 is 12.0 Å². The molecule has 1 N–H and O–H groups in total. The third-order valence-corrected chi connectivity index (χ3v) is 1.82. The normalized spacial score (nSPS) is 8.87. The summed E-state index contributed by atoms with van der Waals surface area (Å²) in [7, 11) is 0. The summed E-state index contributed by atoms with van der Waals surface area (Å²) in [6.45, 7) is 0. The topological polar surface area (TPSA) is 63.6 Å². The van der Waals surface area contributed by atoms with Crippen molar-refractivity contribution in [2.24, 2.45) is 0 Å². The van der Waals surface area contributed by atoms with Crippen molar-refractivity contribution in [3.8, 4) is 0 Å². The van der Waals surface area contributed by atoms with E-state index in [9.17, 15) is 9.59 Å². The second-order valence-electron chi connectivity index (χ2n) is 2.42. The fraction of sp³-hybridized carbons (Fsp3) is 0.111. The molecule has 1 rings (SSSR count). The summed E-state index contributed by atoms with van der Waals surface area (Å²) < 4.78 is 4.65. The molecule has 6 heteroatoms. The monoisotopic (exact) mass is 254 g/mol. The summed E-state index contributed by atoms with van der Waals surface area (Å²) in [5, 5.41) is 8.66. The van der Waals surface area contributed by atoms with Gasteiger partial charge in [0.15, 0.2) is 0 Å². The third-order valence-electron chi connectivity index (χ3n) is 1.50. The first-order chi connectivity index (χ1) is 6.65. The van der Waals surface area contributed by atoms with E-state index in [1.54, 1.807) is 6.26 Å². The molecule has 1 aromatic carbocycles. The second kappa shape index (κ2) is 7.11. The van der Waals surface area contributed by atoms with E-state index < -0.39 is 11.9 Å². The van der Waals surface area contributed by atoms with Gasteiger partial charge >= 0.3 is 49.7 Å². The first-order valence-electron chi connectivity index (χ1n) is 3.73. The maximum atomic E-state index is 11.2. The van der Waals surface area contributed by atoms with Crippen molar-refractivity contribution in [2.75, 3.05) is 6.26 Å². The molecule has 0 amide bonds. The Morgan fingerprint density at radius 2 is 1.93 bits per heavy atom. The summed E-state index contributed by atoms with van der Waals surface area (Å²) in [5.74, 6) is -1.61. The van der Waals surface area contributed by atoms with E-state index in [1.807, 2.05) is 0 Å². The standard InChI is InChI=1S/C9H8O4S.Ca.2H/c1-14-13-9(12)7-4-2-3-6(5-7)8(10)11;;;/h2-5H,1H3,(H,10,11);;;. The number of hydrogen-bond acceptors (Lipinski definition) is 4. The number of carbonyl (C=O) groups is 2. The Kier molecular flexibility index (Phi) is 7.00. The molecule has 4 nitrogen and oxygen atoms in total. The van der Waals surface area contributed by atoms with Gasteiger partial charge in [0.1, 0.15) is 0 Å². The van der Waals surface area contributed by atoms with Crippen molar-refractivity contribution in [3.05, 3.63) is 35.4 Å². The minimum atomic E-state index is -1.07. The van der Waals surface area contributed by atoms with Crippen LogP contribution in [-0.2, 0) is 4.18 Å².